The van der Waals surface area contributed by atoms with Crippen molar-refractivity contribution >= 4 is 0 Å². The van der Waals surface area contributed by atoms with Gasteiger partial charge in [-0.15, -0.1) is 0 Å². The third-order valence-corrected chi connectivity index (χ3v) is 3.07. The van der Waals surface area contributed by atoms with Gasteiger partial charge in [0.05, 0.1) is 13.7 Å². The molecule has 3 nitrogen and oxygen atoms in total. The van der Waals surface area contributed by atoms with Crippen LogP contribution in [0.5, 0.6) is 5.75 Å². The van der Waals surface area contributed by atoms with E-state index in [4.69, 9.17) is 9.47 Å². The highest BCUT2D eigenvalue weighted by Crippen LogP contribution is 2.29. The average Bonchev–Trinajstić information content (AvgIpc) is 2.83. The van der Waals surface area contributed by atoms with Crippen LogP contribution in [0.1, 0.15) is 23.5 Å². The average molecular weight is 221 g/mol. The topological polar surface area (TPSA) is 30.5 Å². The van der Waals surface area contributed by atoms with Gasteiger partial charge in [-0.25, -0.2) is 0 Å². The van der Waals surface area contributed by atoms with Crippen molar-refractivity contribution in [1.29, 1.82) is 0 Å². The van der Waals surface area contributed by atoms with E-state index in [1.165, 1.54) is 11.1 Å². The SMILES string of the molecule is CNCc1cc(C2CCOC2)ccc1OC. The van der Waals surface area contributed by atoms with Gasteiger partial charge in [-0.3, -0.25) is 0 Å². The van der Waals surface area contributed by atoms with Crippen LogP contribution < -0.4 is 10.1 Å². The zero-order valence-electron chi connectivity index (χ0n) is 9.95. The van der Waals surface area contributed by atoms with Gasteiger partial charge in [-0.1, -0.05) is 12.1 Å². The molecule has 0 aliphatic carbocycles. The summed E-state index contributed by atoms with van der Waals surface area (Å²) in [5.74, 6) is 1.51. The smallest absolute Gasteiger partial charge is 0.123 e. The van der Waals surface area contributed by atoms with Gasteiger partial charge in [-0.05, 0) is 25.1 Å². The van der Waals surface area contributed by atoms with Gasteiger partial charge >= 0.3 is 0 Å². The highest BCUT2D eigenvalue weighted by Gasteiger charge is 2.18. The van der Waals surface area contributed by atoms with Crippen LogP contribution >= 0.6 is 0 Å². The second-order valence-corrected chi connectivity index (χ2v) is 4.16. The van der Waals surface area contributed by atoms with Crippen LogP contribution in [0.15, 0.2) is 18.2 Å². The van der Waals surface area contributed by atoms with Crippen molar-refractivity contribution in [2.24, 2.45) is 0 Å². The van der Waals surface area contributed by atoms with Gasteiger partial charge in [0.2, 0.25) is 0 Å². The first-order valence-corrected chi connectivity index (χ1v) is 5.74. The Labute approximate surface area is 96.8 Å². The maximum absolute atomic E-state index is 5.42. The molecule has 1 aromatic carbocycles. The first-order valence-electron chi connectivity index (χ1n) is 5.74. The standard InChI is InChI=1S/C13H19NO2/c1-14-8-12-7-10(3-4-13(12)15-2)11-5-6-16-9-11/h3-4,7,11,14H,5-6,8-9H2,1-2H3. The number of methoxy groups -OCH3 is 1. The van der Waals surface area contributed by atoms with Gasteiger partial charge in [0.25, 0.3) is 0 Å². The fourth-order valence-corrected chi connectivity index (χ4v) is 2.18. The summed E-state index contributed by atoms with van der Waals surface area (Å²) in [6, 6.07) is 6.44. The minimum Gasteiger partial charge on any atom is -0.496 e. The summed E-state index contributed by atoms with van der Waals surface area (Å²) < 4.78 is 10.8. The molecule has 1 saturated heterocycles. The van der Waals surface area contributed by atoms with E-state index in [1.54, 1.807) is 7.11 Å². The lowest BCUT2D eigenvalue weighted by molar-refractivity contribution is 0.194. The fraction of sp³-hybridized carbons (Fsp3) is 0.538. The third kappa shape index (κ3) is 2.36. The Balaban J connectivity index is 2.23. The molecule has 0 radical (unpaired) electrons. The summed E-state index contributed by atoms with van der Waals surface area (Å²) in [4.78, 5) is 0. The molecule has 1 aliphatic rings. The number of hydrogen-bond acceptors (Lipinski definition) is 3. The Bertz CT molecular complexity index is 346. The van der Waals surface area contributed by atoms with Crippen molar-refractivity contribution in [1.82, 2.24) is 5.32 Å². The molecule has 0 amide bonds. The van der Waals surface area contributed by atoms with E-state index in [1.807, 2.05) is 7.05 Å². The minimum atomic E-state index is 0.557. The van der Waals surface area contributed by atoms with Gasteiger partial charge in [0.15, 0.2) is 0 Å². The lowest BCUT2D eigenvalue weighted by atomic mass is 9.96. The van der Waals surface area contributed by atoms with E-state index in [0.717, 1.165) is 31.9 Å². The molecule has 0 aromatic heterocycles. The van der Waals surface area contributed by atoms with Gasteiger partial charge in [0, 0.05) is 24.6 Å². The van der Waals surface area contributed by atoms with E-state index < -0.39 is 0 Å². The second kappa shape index (κ2) is 5.32. The Hall–Kier alpha value is -1.06. The molecular weight excluding hydrogens is 202 g/mol. The largest absolute Gasteiger partial charge is 0.496 e. The summed E-state index contributed by atoms with van der Waals surface area (Å²) in [5, 5.41) is 3.17. The highest BCUT2D eigenvalue weighted by molar-refractivity contribution is 5.38. The molecule has 1 fully saturated rings. The maximum atomic E-state index is 5.42. The Morgan fingerprint density at radius 2 is 2.38 bits per heavy atom. The van der Waals surface area contributed by atoms with E-state index >= 15 is 0 Å². The van der Waals surface area contributed by atoms with Crippen molar-refractivity contribution in [3.8, 4) is 5.75 Å². The molecular formula is C13H19NO2. The number of hydrogen-bond donors (Lipinski definition) is 1. The molecule has 88 valence electrons. The van der Waals surface area contributed by atoms with Crippen LogP contribution in [0.3, 0.4) is 0 Å². The third-order valence-electron chi connectivity index (χ3n) is 3.07. The predicted octanol–water partition coefficient (Wildman–Crippen LogP) is 1.92. The van der Waals surface area contributed by atoms with Crippen LogP contribution in [0, 0.1) is 0 Å². The van der Waals surface area contributed by atoms with Crippen LogP contribution in [0.25, 0.3) is 0 Å². The van der Waals surface area contributed by atoms with E-state index in [2.05, 4.69) is 23.5 Å². The van der Waals surface area contributed by atoms with Crippen LogP contribution in [0.2, 0.25) is 0 Å². The lowest BCUT2D eigenvalue weighted by Crippen LogP contribution is -2.08. The summed E-state index contributed by atoms with van der Waals surface area (Å²) in [6.45, 7) is 2.58. The Kier molecular flexibility index (Phi) is 3.80. The molecule has 0 spiro atoms. The fourth-order valence-electron chi connectivity index (χ4n) is 2.18. The summed E-state index contributed by atoms with van der Waals surface area (Å²) in [7, 11) is 3.66. The zero-order chi connectivity index (χ0) is 11.4. The molecule has 16 heavy (non-hydrogen) atoms. The summed E-state index contributed by atoms with van der Waals surface area (Å²) in [5.41, 5.74) is 2.58. The number of ether oxygens (including phenoxy) is 2. The van der Waals surface area contributed by atoms with E-state index in [9.17, 15) is 0 Å². The second-order valence-electron chi connectivity index (χ2n) is 4.16. The van der Waals surface area contributed by atoms with E-state index in [-0.39, 0.29) is 0 Å². The van der Waals surface area contributed by atoms with Crippen molar-refractivity contribution in [3.63, 3.8) is 0 Å². The highest BCUT2D eigenvalue weighted by atomic mass is 16.5. The van der Waals surface area contributed by atoms with Crippen molar-refractivity contribution in [2.45, 2.75) is 18.9 Å². The predicted molar refractivity (Wildman–Crippen MR) is 63.9 cm³/mol. The molecule has 1 unspecified atom stereocenters. The first-order chi connectivity index (χ1) is 7.85. The zero-order valence-corrected chi connectivity index (χ0v) is 9.95. The van der Waals surface area contributed by atoms with Crippen molar-refractivity contribution in [2.75, 3.05) is 27.4 Å². The molecule has 1 N–H and O–H groups in total. The molecule has 0 bridgehead atoms. The van der Waals surface area contributed by atoms with E-state index in [0.29, 0.717) is 5.92 Å². The molecule has 0 saturated carbocycles. The van der Waals surface area contributed by atoms with Gasteiger partial charge in [-0.2, -0.15) is 0 Å². The van der Waals surface area contributed by atoms with Gasteiger partial charge < -0.3 is 14.8 Å². The van der Waals surface area contributed by atoms with Crippen molar-refractivity contribution in [3.05, 3.63) is 29.3 Å². The van der Waals surface area contributed by atoms with Crippen LogP contribution in [-0.2, 0) is 11.3 Å². The molecule has 2 rings (SSSR count). The number of rotatable bonds is 4. The summed E-state index contributed by atoms with van der Waals surface area (Å²) in [6.07, 6.45) is 1.13. The number of nitrogens with one attached hydrogen (secondary N) is 1. The molecule has 1 atom stereocenters. The quantitative estimate of drug-likeness (QED) is 0.842. The Morgan fingerprint density at radius 3 is 3.00 bits per heavy atom. The molecule has 1 heterocycles. The van der Waals surface area contributed by atoms with Crippen molar-refractivity contribution < 1.29 is 9.47 Å². The molecule has 1 aliphatic heterocycles. The monoisotopic (exact) mass is 221 g/mol. The molecule has 1 aromatic rings. The Morgan fingerprint density at radius 1 is 1.50 bits per heavy atom. The van der Waals surface area contributed by atoms with Gasteiger partial charge in [0.1, 0.15) is 5.75 Å². The maximum Gasteiger partial charge on any atom is 0.123 e. The lowest BCUT2D eigenvalue weighted by Gasteiger charge is -2.13. The number of benzene rings is 1. The normalized spacial score (nSPS) is 20.0. The van der Waals surface area contributed by atoms with Crippen LogP contribution in [-0.4, -0.2) is 27.4 Å². The molecule has 3 heteroatoms. The minimum absolute atomic E-state index is 0.557. The first kappa shape index (κ1) is 11.4. The summed E-state index contributed by atoms with van der Waals surface area (Å²) >= 11 is 0. The van der Waals surface area contributed by atoms with Crippen LogP contribution in [0.4, 0.5) is 0 Å².